The summed E-state index contributed by atoms with van der Waals surface area (Å²) in [5.41, 5.74) is 1.92. The first-order valence-corrected chi connectivity index (χ1v) is 9.46. The zero-order valence-electron chi connectivity index (χ0n) is 16.7. The van der Waals surface area contributed by atoms with Crippen LogP contribution in [-0.4, -0.2) is 61.7 Å². The van der Waals surface area contributed by atoms with Gasteiger partial charge in [-0.15, -0.1) is 0 Å². The number of rotatable bonds is 9. The summed E-state index contributed by atoms with van der Waals surface area (Å²) in [6.45, 7) is 0.684. The van der Waals surface area contributed by atoms with Crippen LogP contribution in [0.15, 0.2) is 24.7 Å². The molecule has 0 aliphatic carbocycles. The first-order valence-electron chi connectivity index (χ1n) is 9.46. The first-order chi connectivity index (χ1) is 14.7. The van der Waals surface area contributed by atoms with Gasteiger partial charge in [0.2, 0.25) is 11.8 Å². The van der Waals surface area contributed by atoms with Crippen LogP contribution in [0.5, 0.6) is 5.88 Å². The van der Waals surface area contributed by atoms with Crippen LogP contribution in [-0.2, 0) is 17.8 Å². The molecule has 12 heteroatoms. The Bertz CT molecular complexity index is 1050. The predicted octanol–water partition coefficient (Wildman–Crippen LogP) is 1.56. The lowest BCUT2D eigenvalue weighted by molar-refractivity contribution is -0.154. The van der Waals surface area contributed by atoms with Crippen molar-refractivity contribution in [2.45, 2.75) is 32.5 Å². The molecule has 0 spiro atoms. The quantitative estimate of drug-likeness (QED) is 0.487. The van der Waals surface area contributed by atoms with Crippen molar-refractivity contribution >= 4 is 16.8 Å². The van der Waals surface area contributed by atoms with E-state index in [1.807, 2.05) is 0 Å². The van der Waals surface area contributed by atoms with Gasteiger partial charge in [0, 0.05) is 30.9 Å². The van der Waals surface area contributed by atoms with E-state index in [0.29, 0.717) is 35.3 Å². The van der Waals surface area contributed by atoms with Crippen LogP contribution in [0.2, 0.25) is 0 Å². The van der Waals surface area contributed by atoms with Gasteiger partial charge in [-0.05, 0) is 19.4 Å². The number of nitrogens with one attached hydrogen (secondary N) is 1. The Balaban J connectivity index is 1.71. The van der Waals surface area contributed by atoms with Gasteiger partial charge in [-0.2, -0.15) is 18.3 Å². The van der Waals surface area contributed by atoms with Gasteiger partial charge in [0.05, 0.1) is 41.8 Å². The highest BCUT2D eigenvalue weighted by molar-refractivity contribution is 5.86. The molecule has 9 nitrogen and oxygen atoms in total. The largest absolute Gasteiger partial charge is 0.467 e. The van der Waals surface area contributed by atoms with E-state index in [0.717, 1.165) is 0 Å². The van der Waals surface area contributed by atoms with Crippen molar-refractivity contribution in [3.05, 3.63) is 41.7 Å². The summed E-state index contributed by atoms with van der Waals surface area (Å²) >= 11 is 0. The van der Waals surface area contributed by atoms with E-state index in [1.54, 1.807) is 23.1 Å². The zero-order valence-corrected chi connectivity index (χ0v) is 16.7. The average Bonchev–Trinajstić information content (AvgIpc) is 3.10. The molecule has 3 heterocycles. The summed E-state index contributed by atoms with van der Waals surface area (Å²) in [4.78, 5) is 24.5. The number of hydrogen-bond acceptors (Lipinski definition) is 7. The van der Waals surface area contributed by atoms with Crippen molar-refractivity contribution < 1.29 is 27.8 Å². The number of amides is 1. The molecule has 0 atom stereocenters. The molecule has 0 bridgehead atoms. The molecule has 0 radical (unpaired) electrons. The number of fused-ring (bicyclic) bond motifs is 1. The third-order valence-electron chi connectivity index (χ3n) is 4.20. The van der Waals surface area contributed by atoms with Crippen LogP contribution >= 0.6 is 0 Å². The fraction of sp³-hybridized carbons (Fsp3) is 0.421. The summed E-state index contributed by atoms with van der Waals surface area (Å²) < 4.78 is 43.2. The van der Waals surface area contributed by atoms with Crippen LogP contribution in [0.3, 0.4) is 0 Å². The van der Waals surface area contributed by atoms with Crippen molar-refractivity contribution in [2.75, 3.05) is 19.8 Å². The number of aryl methyl sites for hydroxylation is 1. The van der Waals surface area contributed by atoms with Crippen LogP contribution in [0.1, 0.15) is 23.5 Å². The van der Waals surface area contributed by atoms with E-state index in [9.17, 15) is 18.0 Å². The highest BCUT2D eigenvalue weighted by Crippen LogP contribution is 2.20. The number of hydrogen-bond donors (Lipinski definition) is 2. The van der Waals surface area contributed by atoms with Crippen LogP contribution in [0.4, 0.5) is 13.2 Å². The van der Waals surface area contributed by atoms with E-state index < -0.39 is 12.8 Å². The highest BCUT2D eigenvalue weighted by atomic mass is 19.4. The number of carbonyl (C=O) groups is 1. The summed E-state index contributed by atoms with van der Waals surface area (Å²) in [6.07, 6.45) is 0.707. The number of nitrogens with zero attached hydrogens (tertiary/aromatic N) is 5. The van der Waals surface area contributed by atoms with Gasteiger partial charge in [-0.25, -0.2) is 9.97 Å². The molecule has 0 aliphatic rings. The van der Waals surface area contributed by atoms with Gasteiger partial charge in [-0.3, -0.25) is 14.5 Å². The third-order valence-corrected chi connectivity index (χ3v) is 4.20. The lowest BCUT2D eigenvalue weighted by Crippen LogP contribution is -2.26. The third kappa shape index (κ3) is 6.35. The van der Waals surface area contributed by atoms with Gasteiger partial charge < -0.3 is 15.2 Å². The molecule has 3 aromatic heterocycles. The summed E-state index contributed by atoms with van der Waals surface area (Å²) in [6, 6.07) is 1.71. The molecule has 0 aromatic carbocycles. The molecule has 31 heavy (non-hydrogen) atoms. The van der Waals surface area contributed by atoms with Crippen LogP contribution in [0, 0.1) is 6.92 Å². The molecule has 1 amide bonds. The van der Waals surface area contributed by atoms with Crippen molar-refractivity contribution in [3.63, 3.8) is 0 Å². The molecule has 0 fully saturated rings. The fourth-order valence-corrected chi connectivity index (χ4v) is 2.85. The Morgan fingerprint density at radius 1 is 1.32 bits per heavy atom. The van der Waals surface area contributed by atoms with Gasteiger partial charge >= 0.3 is 6.18 Å². The van der Waals surface area contributed by atoms with Crippen molar-refractivity contribution in [1.82, 2.24) is 30.0 Å². The van der Waals surface area contributed by atoms with Gasteiger partial charge in [-0.1, -0.05) is 0 Å². The van der Waals surface area contributed by atoms with E-state index in [4.69, 9.17) is 5.11 Å². The van der Waals surface area contributed by atoms with Gasteiger partial charge in [0.1, 0.15) is 0 Å². The molecule has 166 valence electrons. The second-order valence-corrected chi connectivity index (χ2v) is 6.78. The molecule has 2 N–H and O–H groups in total. The Hall–Kier alpha value is -3.28. The number of carbonyl (C=O) groups excluding carboxylic acids is 1. The van der Waals surface area contributed by atoms with Crippen LogP contribution in [0.25, 0.3) is 10.9 Å². The van der Waals surface area contributed by atoms with Crippen molar-refractivity contribution in [2.24, 2.45) is 0 Å². The first kappa shape index (κ1) is 22.4. The topological polar surface area (TPSA) is 115 Å². The Kier molecular flexibility index (Phi) is 7.00. The Labute approximate surface area is 175 Å². The van der Waals surface area contributed by atoms with Crippen LogP contribution < -0.4 is 10.1 Å². The van der Waals surface area contributed by atoms with E-state index in [1.165, 1.54) is 13.1 Å². The molecule has 0 saturated heterocycles. The minimum absolute atomic E-state index is 0.00131. The highest BCUT2D eigenvalue weighted by Gasteiger charge is 2.29. The summed E-state index contributed by atoms with van der Waals surface area (Å²) in [5.74, 6) is -0.387. The number of pyridine rings is 1. The Morgan fingerprint density at radius 3 is 2.84 bits per heavy atom. The van der Waals surface area contributed by atoms with E-state index in [2.05, 4.69) is 30.1 Å². The standard InChI is InChI=1S/C19H21F3N6O3/c1-12-18(31-11-19(20,21)22)25-8-13(26-12)9-28-10-14-15(27-28)3-5-23-16(14)7-17(30)24-4-2-6-29/h3,5,8,10,29H,2,4,6-7,9,11H2,1H3,(H,24,30). The number of ether oxygens (including phenoxy) is 1. The van der Waals surface area contributed by atoms with E-state index in [-0.39, 0.29) is 37.1 Å². The summed E-state index contributed by atoms with van der Waals surface area (Å²) in [5, 5.41) is 16.6. The molecule has 0 aliphatic heterocycles. The lowest BCUT2D eigenvalue weighted by atomic mass is 10.2. The zero-order chi connectivity index (χ0) is 22.4. The molecule has 0 saturated carbocycles. The second kappa shape index (κ2) is 9.69. The number of aliphatic hydroxyl groups is 1. The predicted molar refractivity (Wildman–Crippen MR) is 103 cm³/mol. The van der Waals surface area contributed by atoms with Crippen molar-refractivity contribution in [1.29, 1.82) is 0 Å². The minimum Gasteiger partial charge on any atom is -0.467 e. The fourth-order valence-electron chi connectivity index (χ4n) is 2.85. The maximum atomic E-state index is 12.3. The second-order valence-electron chi connectivity index (χ2n) is 6.78. The smallest absolute Gasteiger partial charge is 0.422 e. The molecule has 0 unspecified atom stereocenters. The maximum Gasteiger partial charge on any atom is 0.422 e. The SMILES string of the molecule is Cc1nc(Cn2cc3c(CC(=O)NCCCO)nccc3n2)cnc1OCC(F)(F)F. The van der Waals surface area contributed by atoms with Crippen molar-refractivity contribution in [3.8, 4) is 5.88 Å². The molecule has 3 aromatic rings. The normalized spacial score (nSPS) is 11.6. The molecule has 3 rings (SSSR count). The molecular weight excluding hydrogens is 417 g/mol. The van der Waals surface area contributed by atoms with E-state index >= 15 is 0 Å². The number of alkyl halides is 3. The average molecular weight is 438 g/mol. The monoisotopic (exact) mass is 438 g/mol. The number of aliphatic hydroxyl groups excluding tert-OH is 1. The molecular formula is C19H21F3N6O3. The maximum absolute atomic E-state index is 12.3. The number of halogens is 3. The summed E-state index contributed by atoms with van der Waals surface area (Å²) in [7, 11) is 0. The van der Waals surface area contributed by atoms with Gasteiger partial charge in [0.25, 0.3) is 0 Å². The lowest BCUT2D eigenvalue weighted by Gasteiger charge is -2.10. The Morgan fingerprint density at radius 2 is 2.13 bits per heavy atom. The minimum atomic E-state index is -4.45. The number of aromatic nitrogens is 5. The van der Waals surface area contributed by atoms with Gasteiger partial charge in [0.15, 0.2) is 6.61 Å².